The van der Waals surface area contributed by atoms with Crippen LogP contribution in [0.25, 0.3) is 5.69 Å². The van der Waals surface area contributed by atoms with Crippen LogP contribution in [0.15, 0.2) is 58.4 Å². The SMILES string of the molecule is CCOC(=O)c1cnn(-c2ccccc2)c1NC(=O)CCn1ccc(=O)[nH]c1=O. The number of hydrogen-bond acceptors (Lipinski definition) is 6. The van der Waals surface area contributed by atoms with Crippen molar-refractivity contribution >= 4 is 17.7 Å². The van der Waals surface area contributed by atoms with Gasteiger partial charge in [0.2, 0.25) is 5.91 Å². The standard InChI is InChI=1S/C19H19N5O5/c1-2-29-18(27)14-12-20-24(13-6-4-3-5-7-13)17(14)21-15(25)8-10-23-11-9-16(26)22-19(23)28/h3-7,9,11-12H,2,8,10H2,1H3,(H,21,25)(H,22,26,28). The number of amides is 1. The monoisotopic (exact) mass is 397 g/mol. The highest BCUT2D eigenvalue weighted by Gasteiger charge is 2.21. The Morgan fingerprint density at radius 2 is 1.93 bits per heavy atom. The van der Waals surface area contributed by atoms with Crippen LogP contribution in [-0.2, 0) is 16.1 Å². The largest absolute Gasteiger partial charge is 0.462 e. The van der Waals surface area contributed by atoms with Gasteiger partial charge in [-0.05, 0) is 19.1 Å². The minimum Gasteiger partial charge on any atom is -0.462 e. The van der Waals surface area contributed by atoms with Gasteiger partial charge in [0, 0.05) is 25.2 Å². The molecule has 2 N–H and O–H groups in total. The summed E-state index contributed by atoms with van der Waals surface area (Å²) in [6.45, 7) is 1.91. The molecule has 0 aliphatic carbocycles. The molecule has 0 radical (unpaired) electrons. The number of aromatic amines is 1. The predicted molar refractivity (Wildman–Crippen MR) is 104 cm³/mol. The fourth-order valence-electron chi connectivity index (χ4n) is 2.63. The van der Waals surface area contributed by atoms with Crippen LogP contribution in [-0.4, -0.2) is 37.8 Å². The number of H-pyrrole nitrogens is 1. The molecular formula is C19H19N5O5. The maximum Gasteiger partial charge on any atom is 0.343 e. The van der Waals surface area contributed by atoms with Crippen LogP contribution in [0.1, 0.15) is 23.7 Å². The number of benzene rings is 1. The lowest BCUT2D eigenvalue weighted by atomic mass is 10.3. The van der Waals surface area contributed by atoms with Crippen LogP contribution in [0.2, 0.25) is 0 Å². The number of anilines is 1. The van der Waals surface area contributed by atoms with E-state index in [2.05, 4.69) is 15.4 Å². The number of para-hydroxylation sites is 1. The second-order valence-electron chi connectivity index (χ2n) is 5.98. The van der Waals surface area contributed by atoms with E-state index in [0.29, 0.717) is 5.69 Å². The molecule has 0 saturated carbocycles. The molecule has 3 aromatic rings. The van der Waals surface area contributed by atoms with Crippen LogP contribution in [0.4, 0.5) is 5.82 Å². The Hall–Kier alpha value is -3.95. The van der Waals surface area contributed by atoms with Gasteiger partial charge < -0.3 is 14.6 Å². The second kappa shape index (κ2) is 8.83. The summed E-state index contributed by atoms with van der Waals surface area (Å²) in [5, 5.41) is 6.86. The molecule has 0 spiro atoms. The summed E-state index contributed by atoms with van der Waals surface area (Å²) in [5.41, 5.74) is -0.353. The molecular weight excluding hydrogens is 378 g/mol. The van der Waals surface area contributed by atoms with Crippen LogP contribution in [0, 0.1) is 0 Å². The first kappa shape index (κ1) is 19.8. The van der Waals surface area contributed by atoms with E-state index in [1.54, 1.807) is 31.2 Å². The minimum absolute atomic E-state index is 0.0513. The highest BCUT2D eigenvalue weighted by Crippen LogP contribution is 2.21. The second-order valence-corrected chi connectivity index (χ2v) is 5.98. The van der Waals surface area contributed by atoms with E-state index >= 15 is 0 Å². The van der Waals surface area contributed by atoms with Gasteiger partial charge in [-0.15, -0.1) is 0 Å². The molecule has 0 aliphatic rings. The number of aryl methyl sites for hydroxylation is 1. The highest BCUT2D eigenvalue weighted by atomic mass is 16.5. The maximum absolute atomic E-state index is 12.5. The van der Waals surface area contributed by atoms with E-state index in [4.69, 9.17) is 4.74 Å². The molecule has 0 saturated heterocycles. The minimum atomic E-state index is -0.609. The molecule has 150 valence electrons. The molecule has 2 aromatic heterocycles. The van der Waals surface area contributed by atoms with E-state index in [-0.39, 0.29) is 31.0 Å². The van der Waals surface area contributed by atoms with Crippen molar-refractivity contribution in [2.24, 2.45) is 0 Å². The zero-order valence-electron chi connectivity index (χ0n) is 15.6. The summed E-state index contributed by atoms with van der Waals surface area (Å²) < 4.78 is 7.67. The topological polar surface area (TPSA) is 128 Å². The Bertz CT molecular complexity index is 1130. The molecule has 0 bridgehead atoms. The smallest absolute Gasteiger partial charge is 0.343 e. The van der Waals surface area contributed by atoms with E-state index in [1.807, 2.05) is 6.07 Å². The average Bonchev–Trinajstić information content (AvgIpc) is 3.11. The lowest BCUT2D eigenvalue weighted by Crippen LogP contribution is -2.30. The number of hydrogen-bond donors (Lipinski definition) is 2. The molecule has 10 heteroatoms. The molecule has 0 atom stereocenters. The first-order valence-corrected chi connectivity index (χ1v) is 8.89. The van der Waals surface area contributed by atoms with Crippen molar-refractivity contribution in [2.75, 3.05) is 11.9 Å². The summed E-state index contributed by atoms with van der Waals surface area (Å²) in [7, 11) is 0. The molecule has 29 heavy (non-hydrogen) atoms. The third-order valence-corrected chi connectivity index (χ3v) is 4.00. The Kier molecular flexibility index (Phi) is 6.03. The van der Waals surface area contributed by atoms with Crippen LogP contribution in [0.3, 0.4) is 0 Å². The lowest BCUT2D eigenvalue weighted by molar-refractivity contribution is -0.116. The van der Waals surface area contributed by atoms with Gasteiger partial charge in [-0.25, -0.2) is 14.3 Å². The van der Waals surface area contributed by atoms with Crippen molar-refractivity contribution in [3.05, 3.63) is 75.2 Å². The van der Waals surface area contributed by atoms with Gasteiger partial charge in [0.25, 0.3) is 5.56 Å². The van der Waals surface area contributed by atoms with Crippen molar-refractivity contribution in [2.45, 2.75) is 19.9 Å². The third-order valence-electron chi connectivity index (χ3n) is 4.00. The van der Waals surface area contributed by atoms with Gasteiger partial charge in [0.15, 0.2) is 5.82 Å². The van der Waals surface area contributed by atoms with Gasteiger partial charge in [0.05, 0.1) is 18.5 Å². The van der Waals surface area contributed by atoms with Gasteiger partial charge in [-0.2, -0.15) is 5.10 Å². The van der Waals surface area contributed by atoms with Gasteiger partial charge >= 0.3 is 11.7 Å². The first-order chi connectivity index (χ1) is 14.0. The van der Waals surface area contributed by atoms with Crippen LogP contribution < -0.4 is 16.6 Å². The number of carbonyl (C=O) groups is 2. The summed E-state index contributed by atoms with van der Waals surface area (Å²) in [5.74, 6) is -0.873. The number of esters is 1. The van der Waals surface area contributed by atoms with Crippen LogP contribution >= 0.6 is 0 Å². The van der Waals surface area contributed by atoms with Crippen molar-refractivity contribution in [1.82, 2.24) is 19.3 Å². The van der Waals surface area contributed by atoms with E-state index in [9.17, 15) is 19.2 Å². The zero-order chi connectivity index (χ0) is 20.8. The van der Waals surface area contributed by atoms with Crippen molar-refractivity contribution < 1.29 is 14.3 Å². The van der Waals surface area contributed by atoms with Gasteiger partial charge in [-0.3, -0.25) is 14.6 Å². The number of aromatic nitrogens is 4. The summed E-state index contributed by atoms with van der Waals surface area (Å²) >= 11 is 0. The van der Waals surface area contributed by atoms with E-state index < -0.39 is 23.1 Å². The first-order valence-electron chi connectivity index (χ1n) is 8.89. The fourth-order valence-corrected chi connectivity index (χ4v) is 2.63. The number of carbonyl (C=O) groups excluding carboxylic acids is 2. The molecule has 2 heterocycles. The van der Waals surface area contributed by atoms with Crippen LogP contribution in [0.5, 0.6) is 0 Å². The molecule has 1 aromatic carbocycles. The molecule has 0 unspecified atom stereocenters. The third kappa shape index (κ3) is 4.67. The summed E-state index contributed by atoms with van der Waals surface area (Å²) in [6, 6.07) is 10.2. The van der Waals surface area contributed by atoms with Crippen molar-refractivity contribution in [3.63, 3.8) is 0 Å². The van der Waals surface area contributed by atoms with Gasteiger partial charge in [0.1, 0.15) is 5.56 Å². The lowest BCUT2D eigenvalue weighted by Gasteiger charge is -2.11. The summed E-state index contributed by atoms with van der Waals surface area (Å²) in [6.07, 6.45) is 2.58. The number of rotatable bonds is 7. The highest BCUT2D eigenvalue weighted by molar-refractivity contribution is 6.00. The number of ether oxygens (including phenoxy) is 1. The number of nitrogens with zero attached hydrogens (tertiary/aromatic N) is 3. The zero-order valence-corrected chi connectivity index (χ0v) is 15.6. The fraction of sp³-hybridized carbons (Fsp3) is 0.211. The van der Waals surface area contributed by atoms with Crippen molar-refractivity contribution in [1.29, 1.82) is 0 Å². The Balaban J connectivity index is 1.83. The predicted octanol–water partition coefficient (Wildman–Crippen LogP) is 0.928. The van der Waals surface area contributed by atoms with E-state index in [1.165, 1.54) is 27.7 Å². The quantitative estimate of drug-likeness (QED) is 0.571. The Labute approximate surface area is 164 Å². The molecule has 0 fully saturated rings. The van der Waals surface area contributed by atoms with E-state index in [0.717, 1.165) is 0 Å². The summed E-state index contributed by atoms with van der Waals surface area (Å²) in [4.78, 5) is 49.7. The van der Waals surface area contributed by atoms with Gasteiger partial charge in [-0.1, -0.05) is 18.2 Å². The average molecular weight is 397 g/mol. The molecule has 0 aliphatic heterocycles. The van der Waals surface area contributed by atoms with Crippen molar-refractivity contribution in [3.8, 4) is 5.69 Å². The molecule has 1 amide bonds. The Morgan fingerprint density at radius 3 is 2.62 bits per heavy atom. The maximum atomic E-state index is 12.5. The normalized spacial score (nSPS) is 10.5. The Morgan fingerprint density at radius 1 is 1.17 bits per heavy atom. The molecule has 10 nitrogen and oxygen atoms in total. The molecule has 3 rings (SSSR count). The number of nitrogens with one attached hydrogen (secondary N) is 2.